The SMILES string of the molecule is COc1cccc(C(O)CN=C(N)N2CCCC(C)C2)c1. The normalized spacial score (nSPS) is 21.2. The van der Waals surface area contributed by atoms with Crippen LogP contribution in [0.2, 0.25) is 0 Å². The number of ether oxygens (including phenoxy) is 1. The van der Waals surface area contributed by atoms with Crippen LogP contribution in [0.3, 0.4) is 0 Å². The zero-order chi connectivity index (χ0) is 15.2. The molecule has 1 heterocycles. The molecule has 3 N–H and O–H groups in total. The molecule has 0 aromatic heterocycles. The lowest BCUT2D eigenvalue weighted by atomic mass is 10.0. The van der Waals surface area contributed by atoms with Gasteiger partial charge in [0.2, 0.25) is 0 Å². The Labute approximate surface area is 126 Å². The summed E-state index contributed by atoms with van der Waals surface area (Å²) in [6, 6.07) is 7.39. The first-order valence-electron chi connectivity index (χ1n) is 7.47. The summed E-state index contributed by atoms with van der Waals surface area (Å²) in [5.74, 6) is 1.91. The molecule has 1 aliphatic rings. The maximum Gasteiger partial charge on any atom is 0.191 e. The van der Waals surface area contributed by atoms with E-state index in [9.17, 15) is 5.11 Å². The molecule has 0 aliphatic carbocycles. The Morgan fingerprint density at radius 2 is 2.38 bits per heavy atom. The van der Waals surface area contributed by atoms with Crippen LogP contribution < -0.4 is 10.5 Å². The first-order chi connectivity index (χ1) is 10.1. The number of hydrogen-bond donors (Lipinski definition) is 2. The maximum absolute atomic E-state index is 10.2. The van der Waals surface area contributed by atoms with E-state index >= 15 is 0 Å². The number of likely N-dealkylation sites (tertiary alicyclic amines) is 1. The molecule has 5 heteroatoms. The summed E-state index contributed by atoms with van der Waals surface area (Å²) in [7, 11) is 1.61. The van der Waals surface area contributed by atoms with Gasteiger partial charge in [0.25, 0.3) is 0 Å². The van der Waals surface area contributed by atoms with Gasteiger partial charge in [0.1, 0.15) is 5.75 Å². The van der Waals surface area contributed by atoms with Gasteiger partial charge in [-0.25, -0.2) is 0 Å². The largest absolute Gasteiger partial charge is 0.497 e. The summed E-state index contributed by atoms with van der Waals surface area (Å²) in [6.07, 6.45) is 1.73. The molecule has 0 radical (unpaired) electrons. The number of aliphatic hydroxyl groups is 1. The van der Waals surface area contributed by atoms with Gasteiger partial charge in [0, 0.05) is 13.1 Å². The lowest BCUT2D eigenvalue weighted by molar-refractivity contribution is 0.185. The van der Waals surface area contributed by atoms with Gasteiger partial charge in [-0.2, -0.15) is 0 Å². The van der Waals surface area contributed by atoms with E-state index in [0.29, 0.717) is 11.9 Å². The smallest absolute Gasteiger partial charge is 0.191 e. The van der Waals surface area contributed by atoms with Crippen molar-refractivity contribution >= 4 is 5.96 Å². The number of aliphatic hydroxyl groups excluding tert-OH is 1. The molecule has 0 spiro atoms. The lowest BCUT2D eigenvalue weighted by Crippen LogP contribution is -2.43. The van der Waals surface area contributed by atoms with Crippen LogP contribution in [0, 0.1) is 5.92 Å². The third-order valence-corrected chi connectivity index (χ3v) is 3.89. The Morgan fingerprint density at radius 1 is 1.57 bits per heavy atom. The van der Waals surface area contributed by atoms with Crippen LogP contribution in [0.5, 0.6) is 5.75 Å². The second-order valence-corrected chi connectivity index (χ2v) is 5.68. The van der Waals surface area contributed by atoms with Crippen LogP contribution >= 0.6 is 0 Å². The molecule has 1 saturated heterocycles. The van der Waals surface area contributed by atoms with Crippen molar-refractivity contribution in [3.8, 4) is 5.75 Å². The van der Waals surface area contributed by atoms with E-state index in [1.165, 1.54) is 6.42 Å². The number of guanidine groups is 1. The number of nitrogens with two attached hydrogens (primary N) is 1. The molecule has 5 nitrogen and oxygen atoms in total. The molecular formula is C16H25N3O2. The number of piperidine rings is 1. The highest BCUT2D eigenvalue weighted by Gasteiger charge is 2.18. The highest BCUT2D eigenvalue weighted by Crippen LogP contribution is 2.19. The molecule has 2 rings (SSSR count). The van der Waals surface area contributed by atoms with Crippen LogP contribution in [0.1, 0.15) is 31.4 Å². The predicted molar refractivity (Wildman–Crippen MR) is 84.4 cm³/mol. The van der Waals surface area contributed by atoms with Crippen molar-refractivity contribution in [2.24, 2.45) is 16.6 Å². The zero-order valence-electron chi connectivity index (χ0n) is 12.8. The molecule has 2 atom stereocenters. The van der Waals surface area contributed by atoms with Crippen LogP contribution in [0.4, 0.5) is 0 Å². The van der Waals surface area contributed by atoms with Crippen molar-refractivity contribution in [2.45, 2.75) is 25.9 Å². The van der Waals surface area contributed by atoms with Gasteiger partial charge in [0.15, 0.2) is 5.96 Å². The molecule has 1 aromatic rings. The number of hydrogen-bond acceptors (Lipinski definition) is 3. The van der Waals surface area contributed by atoms with Crippen molar-refractivity contribution in [2.75, 3.05) is 26.7 Å². The first kappa shape index (κ1) is 15.6. The molecule has 116 valence electrons. The molecule has 2 unspecified atom stereocenters. The summed E-state index contributed by atoms with van der Waals surface area (Å²) < 4.78 is 5.16. The van der Waals surface area contributed by atoms with Crippen molar-refractivity contribution in [3.05, 3.63) is 29.8 Å². The average Bonchev–Trinajstić information content (AvgIpc) is 2.52. The highest BCUT2D eigenvalue weighted by molar-refractivity contribution is 5.78. The van der Waals surface area contributed by atoms with Gasteiger partial charge in [-0.3, -0.25) is 4.99 Å². The van der Waals surface area contributed by atoms with Gasteiger partial charge in [-0.1, -0.05) is 19.1 Å². The van der Waals surface area contributed by atoms with E-state index in [-0.39, 0.29) is 6.54 Å². The minimum absolute atomic E-state index is 0.268. The Bertz CT molecular complexity index is 490. The Balaban J connectivity index is 1.95. The molecule has 0 bridgehead atoms. The second-order valence-electron chi connectivity index (χ2n) is 5.68. The standard InChI is InChI=1S/C16H25N3O2/c1-12-5-4-8-19(11-12)16(17)18-10-15(20)13-6-3-7-14(9-13)21-2/h3,6-7,9,12,15,20H,4-5,8,10-11H2,1-2H3,(H2,17,18). The zero-order valence-corrected chi connectivity index (χ0v) is 12.8. The summed E-state index contributed by atoms with van der Waals surface area (Å²) in [6.45, 7) is 4.40. The van der Waals surface area contributed by atoms with Crippen molar-refractivity contribution < 1.29 is 9.84 Å². The fourth-order valence-corrected chi connectivity index (χ4v) is 2.63. The average molecular weight is 291 g/mol. The quantitative estimate of drug-likeness (QED) is 0.655. The third kappa shape index (κ3) is 4.36. The number of aliphatic imine (C=N–C) groups is 1. The van der Waals surface area contributed by atoms with Gasteiger partial charge in [0.05, 0.1) is 19.8 Å². The predicted octanol–water partition coefficient (Wildman–Crippen LogP) is 1.78. The number of rotatable bonds is 4. The summed E-state index contributed by atoms with van der Waals surface area (Å²) in [4.78, 5) is 6.45. The maximum atomic E-state index is 10.2. The van der Waals surface area contributed by atoms with Gasteiger partial charge < -0.3 is 20.5 Å². The summed E-state index contributed by atoms with van der Waals surface area (Å²) in [5, 5.41) is 10.2. The summed E-state index contributed by atoms with van der Waals surface area (Å²) in [5.41, 5.74) is 6.82. The van der Waals surface area contributed by atoms with Crippen LogP contribution in [0.15, 0.2) is 29.3 Å². The Morgan fingerprint density at radius 3 is 3.10 bits per heavy atom. The first-order valence-corrected chi connectivity index (χ1v) is 7.47. The van der Waals surface area contributed by atoms with E-state index < -0.39 is 6.10 Å². The van der Waals surface area contributed by atoms with Gasteiger partial charge in [-0.05, 0) is 36.5 Å². The van der Waals surface area contributed by atoms with E-state index in [1.54, 1.807) is 7.11 Å². The fraction of sp³-hybridized carbons (Fsp3) is 0.562. The molecule has 1 aliphatic heterocycles. The fourth-order valence-electron chi connectivity index (χ4n) is 2.63. The lowest BCUT2D eigenvalue weighted by Gasteiger charge is -2.31. The van der Waals surface area contributed by atoms with Crippen molar-refractivity contribution in [1.82, 2.24) is 4.90 Å². The molecule has 0 amide bonds. The Hall–Kier alpha value is -1.75. The molecule has 1 fully saturated rings. The minimum atomic E-state index is -0.666. The molecule has 1 aromatic carbocycles. The number of nitrogens with zero attached hydrogens (tertiary/aromatic N) is 2. The van der Waals surface area contributed by atoms with E-state index in [1.807, 2.05) is 24.3 Å². The van der Waals surface area contributed by atoms with Crippen LogP contribution in [-0.4, -0.2) is 42.7 Å². The van der Waals surface area contributed by atoms with Crippen molar-refractivity contribution in [3.63, 3.8) is 0 Å². The number of methoxy groups -OCH3 is 1. The van der Waals surface area contributed by atoms with Gasteiger partial charge >= 0.3 is 0 Å². The molecular weight excluding hydrogens is 266 g/mol. The summed E-state index contributed by atoms with van der Waals surface area (Å²) >= 11 is 0. The molecule has 21 heavy (non-hydrogen) atoms. The van der Waals surface area contributed by atoms with Crippen LogP contribution in [0.25, 0.3) is 0 Å². The van der Waals surface area contributed by atoms with E-state index in [0.717, 1.165) is 30.8 Å². The monoisotopic (exact) mass is 291 g/mol. The third-order valence-electron chi connectivity index (χ3n) is 3.89. The molecule has 0 saturated carbocycles. The van der Waals surface area contributed by atoms with E-state index in [4.69, 9.17) is 10.5 Å². The topological polar surface area (TPSA) is 71.1 Å². The minimum Gasteiger partial charge on any atom is -0.497 e. The number of benzene rings is 1. The van der Waals surface area contributed by atoms with Crippen molar-refractivity contribution in [1.29, 1.82) is 0 Å². The second kappa shape index (κ2) is 7.31. The van der Waals surface area contributed by atoms with Gasteiger partial charge in [-0.15, -0.1) is 0 Å². The highest BCUT2D eigenvalue weighted by atomic mass is 16.5. The van der Waals surface area contributed by atoms with E-state index in [2.05, 4.69) is 16.8 Å². The van der Waals surface area contributed by atoms with Crippen LogP contribution in [-0.2, 0) is 0 Å². The Kier molecular flexibility index (Phi) is 5.44.